The molecule has 0 aliphatic rings. The predicted octanol–water partition coefficient (Wildman–Crippen LogP) is 3.74. The Kier molecular flexibility index (Phi) is 6.78. The standard InChI is InChI=1S/C20H26O2Si/c1-4-15-21-23(22-16-5-2,19-12-8-7-9-13-19)20-14-10-11-18(6-3)17-20/h6-14,17H,3-5,15-16H2,1-2H3. The normalized spacial score (nSPS) is 11.4. The molecule has 0 saturated heterocycles. The van der Waals surface area contributed by atoms with Gasteiger partial charge in [0.05, 0.1) is 0 Å². The zero-order valence-electron chi connectivity index (χ0n) is 14.1. The first-order valence-electron chi connectivity index (χ1n) is 8.33. The van der Waals surface area contributed by atoms with E-state index in [9.17, 15) is 0 Å². The van der Waals surface area contributed by atoms with Gasteiger partial charge in [-0.2, -0.15) is 0 Å². The van der Waals surface area contributed by atoms with Crippen LogP contribution in [0.5, 0.6) is 0 Å². The molecule has 0 aromatic heterocycles. The highest BCUT2D eigenvalue weighted by Crippen LogP contribution is 2.13. The third kappa shape index (κ3) is 4.19. The summed E-state index contributed by atoms with van der Waals surface area (Å²) >= 11 is 0. The summed E-state index contributed by atoms with van der Waals surface area (Å²) in [6.45, 7) is 9.54. The monoisotopic (exact) mass is 326 g/mol. The van der Waals surface area contributed by atoms with Crippen molar-refractivity contribution in [2.75, 3.05) is 13.2 Å². The van der Waals surface area contributed by atoms with Crippen molar-refractivity contribution in [2.45, 2.75) is 26.7 Å². The minimum atomic E-state index is -2.69. The van der Waals surface area contributed by atoms with Crippen molar-refractivity contribution in [3.63, 3.8) is 0 Å². The zero-order valence-corrected chi connectivity index (χ0v) is 15.1. The molecule has 0 atom stereocenters. The van der Waals surface area contributed by atoms with Crippen LogP contribution < -0.4 is 10.4 Å². The van der Waals surface area contributed by atoms with E-state index in [2.05, 4.69) is 69.0 Å². The van der Waals surface area contributed by atoms with E-state index in [1.54, 1.807) is 0 Å². The van der Waals surface area contributed by atoms with Crippen LogP contribution in [0.25, 0.3) is 6.08 Å². The molecule has 122 valence electrons. The van der Waals surface area contributed by atoms with Crippen LogP contribution in [-0.2, 0) is 8.85 Å². The van der Waals surface area contributed by atoms with E-state index in [4.69, 9.17) is 8.85 Å². The highest BCUT2D eigenvalue weighted by molar-refractivity contribution is 6.92. The Bertz CT molecular complexity index is 602. The molecule has 23 heavy (non-hydrogen) atoms. The average molecular weight is 327 g/mol. The molecule has 0 unspecified atom stereocenters. The van der Waals surface area contributed by atoms with Crippen LogP contribution in [0.1, 0.15) is 32.3 Å². The molecule has 0 bridgehead atoms. The van der Waals surface area contributed by atoms with Gasteiger partial charge in [0.25, 0.3) is 0 Å². The lowest BCUT2D eigenvalue weighted by molar-refractivity contribution is 0.191. The van der Waals surface area contributed by atoms with Crippen molar-refractivity contribution in [3.05, 3.63) is 66.7 Å². The van der Waals surface area contributed by atoms with E-state index >= 15 is 0 Å². The highest BCUT2D eigenvalue weighted by atomic mass is 28.4. The van der Waals surface area contributed by atoms with Crippen LogP contribution >= 0.6 is 0 Å². The summed E-state index contributed by atoms with van der Waals surface area (Å²) in [6, 6.07) is 18.8. The average Bonchev–Trinajstić information content (AvgIpc) is 2.63. The van der Waals surface area contributed by atoms with Gasteiger partial charge in [0.2, 0.25) is 0 Å². The lowest BCUT2D eigenvalue weighted by Crippen LogP contribution is -2.63. The molecule has 0 N–H and O–H groups in total. The van der Waals surface area contributed by atoms with E-state index < -0.39 is 8.56 Å². The Labute approximate surface area is 141 Å². The Morgan fingerprint density at radius 1 is 0.870 bits per heavy atom. The van der Waals surface area contributed by atoms with Gasteiger partial charge in [-0.05, 0) is 28.8 Å². The van der Waals surface area contributed by atoms with Crippen LogP contribution in [0, 0.1) is 0 Å². The molecule has 0 amide bonds. The molecule has 3 heteroatoms. The van der Waals surface area contributed by atoms with Crippen molar-refractivity contribution in [1.82, 2.24) is 0 Å². The van der Waals surface area contributed by atoms with Crippen LogP contribution in [0.3, 0.4) is 0 Å². The van der Waals surface area contributed by atoms with Crippen molar-refractivity contribution >= 4 is 25.0 Å². The van der Waals surface area contributed by atoms with E-state index in [0.29, 0.717) is 13.2 Å². The summed E-state index contributed by atoms with van der Waals surface area (Å²) in [6.07, 6.45) is 3.81. The Morgan fingerprint density at radius 3 is 2.04 bits per heavy atom. The molecule has 0 fully saturated rings. The van der Waals surface area contributed by atoms with E-state index in [1.807, 2.05) is 12.1 Å². The van der Waals surface area contributed by atoms with Gasteiger partial charge in [-0.15, -0.1) is 0 Å². The van der Waals surface area contributed by atoms with Gasteiger partial charge in [-0.25, -0.2) is 0 Å². The Morgan fingerprint density at radius 2 is 1.48 bits per heavy atom. The first-order valence-corrected chi connectivity index (χ1v) is 10.1. The van der Waals surface area contributed by atoms with Gasteiger partial charge in [0, 0.05) is 13.2 Å². The zero-order chi connectivity index (χ0) is 16.5. The van der Waals surface area contributed by atoms with E-state index in [0.717, 1.165) is 28.8 Å². The number of benzene rings is 2. The molecule has 0 saturated carbocycles. The molecule has 0 heterocycles. The SMILES string of the molecule is C=Cc1cccc([Si](OCCC)(OCCC)c2ccccc2)c1. The van der Waals surface area contributed by atoms with Crippen LogP contribution in [0.4, 0.5) is 0 Å². The van der Waals surface area contributed by atoms with Crippen LogP contribution in [0.2, 0.25) is 0 Å². The second-order valence-corrected chi connectivity index (χ2v) is 8.47. The maximum absolute atomic E-state index is 6.43. The molecule has 0 radical (unpaired) electrons. The summed E-state index contributed by atoms with van der Waals surface area (Å²) < 4.78 is 12.9. The lowest BCUT2D eigenvalue weighted by Gasteiger charge is -2.31. The first kappa shape index (κ1) is 17.7. The van der Waals surface area contributed by atoms with Crippen molar-refractivity contribution in [3.8, 4) is 0 Å². The van der Waals surface area contributed by atoms with Gasteiger partial charge in [-0.3, -0.25) is 0 Å². The molecular weight excluding hydrogens is 300 g/mol. The molecule has 2 aromatic rings. The highest BCUT2D eigenvalue weighted by Gasteiger charge is 2.42. The second kappa shape index (κ2) is 8.82. The topological polar surface area (TPSA) is 18.5 Å². The van der Waals surface area contributed by atoms with Gasteiger partial charge < -0.3 is 8.85 Å². The van der Waals surface area contributed by atoms with Crippen molar-refractivity contribution in [1.29, 1.82) is 0 Å². The smallest absolute Gasteiger partial charge is 0.388 e. The number of hydrogen-bond donors (Lipinski definition) is 0. The van der Waals surface area contributed by atoms with Gasteiger partial charge in [-0.1, -0.05) is 81.1 Å². The third-order valence-corrected chi connectivity index (χ3v) is 7.06. The summed E-state index contributed by atoms with van der Waals surface area (Å²) in [5.41, 5.74) is 1.09. The maximum atomic E-state index is 6.43. The largest absolute Gasteiger partial charge is 0.407 e. The summed E-state index contributed by atoms with van der Waals surface area (Å²) in [4.78, 5) is 0. The molecule has 2 aromatic carbocycles. The fourth-order valence-electron chi connectivity index (χ4n) is 2.56. The maximum Gasteiger partial charge on any atom is 0.407 e. The summed E-state index contributed by atoms with van der Waals surface area (Å²) in [5.74, 6) is 0. The van der Waals surface area contributed by atoms with Gasteiger partial charge in [0.1, 0.15) is 0 Å². The molecule has 0 aliphatic carbocycles. The van der Waals surface area contributed by atoms with E-state index in [1.165, 1.54) is 0 Å². The molecule has 0 spiro atoms. The fourth-order valence-corrected chi connectivity index (χ4v) is 5.93. The number of rotatable bonds is 9. The van der Waals surface area contributed by atoms with Crippen LogP contribution in [0.15, 0.2) is 61.2 Å². The first-order chi connectivity index (χ1) is 11.3. The van der Waals surface area contributed by atoms with Gasteiger partial charge >= 0.3 is 8.56 Å². The van der Waals surface area contributed by atoms with Gasteiger partial charge in [0.15, 0.2) is 0 Å². The van der Waals surface area contributed by atoms with Crippen molar-refractivity contribution < 1.29 is 8.85 Å². The molecule has 2 rings (SSSR count). The quantitative estimate of drug-likeness (QED) is 0.654. The molecule has 2 nitrogen and oxygen atoms in total. The number of hydrogen-bond acceptors (Lipinski definition) is 2. The minimum Gasteiger partial charge on any atom is -0.388 e. The van der Waals surface area contributed by atoms with Crippen LogP contribution in [-0.4, -0.2) is 21.8 Å². The van der Waals surface area contributed by atoms with E-state index in [-0.39, 0.29) is 0 Å². The molecular formula is C20H26O2Si. The lowest BCUT2D eigenvalue weighted by atomic mass is 10.2. The summed E-state index contributed by atoms with van der Waals surface area (Å²) in [5, 5.41) is 2.30. The third-order valence-electron chi connectivity index (χ3n) is 3.68. The Balaban J connectivity index is 2.56. The predicted molar refractivity (Wildman–Crippen MR) is 100 cm³/mol. The molecule has 0 aliphatic heterocycles. The fraction of sp³-hybridized carbons (Fsp3) is 0.300. The Hall–Kier alpha value is -1.68. The van der Waals surface area contributed by atoms with Crippen molar-refractivity contribution in [2.24, 2.45) is 0 Å². The summed E-state index contributed by atoms with van der Waals surface area (Å²) in [7, 11) is -2.69. The minimum absolute atomic E-state index is 0.698. The second-order valence-electron chi connectivity index (χ2n) is 5.51.